The summed E-state index contributed by atoms with van der Waals surface area (Å²) in [6.45, 7) is 4.48. The number of carbonyl (C=O) groups is 1. The molecule has 214 valence electrons. The zero-order valence-electron chi connectivity index (χ0n) is 23.3. The second-order valence-corrected chi connectivity index (χ2v) is 9.91. The summed E-state index contributed by atoms with van der Waals surface area (Å²) in [5.41, 5.74) is 1.57. The molecule has 0 spiro atoms. The van der Waals surface area contributed by atoms with E-state index in [1.165, 1.54) is 29.9 Å². The van der Waals surface area contributed by atoms with Gasteiger partial charge in [-0.3, -0.25) is 19.1 Å². The molecule has 1 aromatic heterocycles. The Labute approximate surface area is 238 Å². The second-order valence-electron chi connectivity index (χ2n) is 9.91. The molecule has 0 radical (unpaired) electrons. The fourth-order valence-electron chi connectivity index (χ4n) is 5.17. The highest BCUT2D eigenvalue weighted by molar-refractivity contribution is 5.78. The SMILES string of the molecule is COc1cccc(-n2c(CNC(=O)CCCN3CCN(c4ccccc4OC)CC3)nc3ccc(F)cc3c2=O)c1. The van der Waals surface area contributed by atoms with Gasteiger partial charge in [-0.05, 0) is 55.4 Å². The molecule has 0 atom stereocenters. The molecule has 1 aliphatic heterocycles. The molecule has 3 aromatic carbocycles. The summed E-state index contributed by atoms with van der Waals surface area (Å²) in [5.74, 6) is 1.15. The highest BCUT2D eigenvalue weighted by atomic mass is 19.1. The maximum absolute atomic E-state index is 13.9. The number of benzene rings is 3. The monoisotopic (exact) mass is 559 g/mol. The molecule has 0 aliphatic carbocycles. The molecule has 9 nitrogen and oxygen atoms in total. The first-order valence-corrected chi connectivity index (χ1v) is 13.7. The summed E-state index contributed by atoms with van der Waals surface area (Å²) >= 11 is 0. The van der Waals surface area contributed by atoms with Crippen LogP contribution in [0.5, 0.6) is 11.5 Å². The number of anilines is 1. The second kappa shape index (κ2) is 12.8. The highest BCUT2D eigenvalue weighted by Crippen LogP contribution is 2.28. The number of hydrogen-bond acceptors (Lipinski definition) is 7. The Bertz CT molecular complexity index is 1580. The zero-order chi connectivity index (χ0) is 28.8. The third kappa shape index (κ3) is 6.49. The van der Waals surface area contributed by atoms with Crippen LogP contribution in [-0.2, 0) is 11.3 Å². The topological polar surface area (TPSA) is 88.9 Å². The van der Waals surface area contributed by atoms with Gasteiger partial charge < -0.3 is 19.7 Å². The molecular weight excluding hydrogens is 525 g/mol. The number of methoxy groups -OCH3 is 2. The van der Waals surface area contributed by atoms with E-state index >= 15 is 0 Å². The van der Waals surface area contributed by atoms with Gasteiger partial charge in [0.15, 0.2) is 0 Å². The number of halogens is 1. The summed E-state index contributed by atoms with van der Waals surface area (Å²) in [6.07, 6.45) is 1.07. The molecule has 10 heteroatoms. The summed E-state index contributed by atoms with van der Waals surface area (Å²) in [4.78, 5) is 35.5. The van der Waals surface area contributed by atoms with E-state index in [9.17, 15) is 14.0 Å². The van der Waals surface area contributed by atoms with Crippen LogP contribution < -0.4 is 25.2 Å². The minimum atomic E-state index is -0.518. The normalized spacial score (nSPS) is 13.8. The van der Waals surface area contributed by atoms with Crippen LogP contribution in [0.25, 0.3) is 16.6 Å². The molecule has 0 saturated carbocycles. The van der Waals surface area contributed by atoms with Crippen LogP contribution in [0.4, 0.5) is 10.1 Å². The molecule has 4 aromatic rings. The fraction of sp³-hybridized carbons (Fsp3) is 0.323. The average molecular weight is 560 g/mol. The largest absolute Gasteiger partial charge is 0.497 e. The third-order valence-electron chi connectivity index (χ3n) is 7.33. The standard InChI is InChI=1S/C31H34FN5O4/c1-40-24-8-5-7-23(20-24)37-29(34-26-13-12-22(32)19-25(26)31(37)39)21-33-30(38)11-6-14-35-15-17-36(18-16-35)27-9-3-4-10-28(27)41-2/h3-5,7-10,12-13,19-20H,6,11,14-18,21H2,1-2H3,(H,33,38). The highest BCUT2D eigenvalue weighted by Gasteiger charge is 2.20. The fourth-order valence-corrected chi connectivity index (χ4v) is 5.17. The smallest absolute Gasteiger partial charge is 0.266 e. The van der Waals surface area contributed by atoms with Crippen LogP contribution in [0.2, 0.25) is 0 Å². The van der Waals surface area contributed by atoms with Gasteiger partial charge in [-0.2, -0.15) is 0 Å². The van der Waals surface area contributed by atoms with Crippen molar-refractivity contribution in [3.05, 3.63) is 88.7 Å². The van der Waals surface area contributed by atoms with E-state index in [0.29, 0.717) is 35.6 Å². The number of nitrogens with zero attached hydrogens (tertiary/aromatic N) is 4. The van der Waals surface area contributed by atoms with Crippen molar-refractivity contribution in [2.45, 2.75) is 19.4 Å². The van der Waals surface area contributed by atoms with Gasteiger partial charge in [-0.15, -0.1) is 0 Å². The number of ether oxygens (including phenoxy) is 2. The van der Waals surface area contributed by atoms with E-state index in [0.717, 1.165) is 44.2 Å². The van der Waals surface area contributed by atoms with E-state index < -0.39 is 11.4 Å². The van der Waals surface area contributed by atoms with Crippen molar-refractivity contribution in [2.24, 2.45) is 0 Å². The van der Waals surface area contributed by atoms with Gasteiger partial charge in [-0.1, -0.05) is 18.2 Å². The Balaban J connectivity index is 1.20. The number of amides is 1. The number of aromatic nitrogens is 2. The molecule has 1 aliphatic rings. The van der Waals surface area contributed by atoms with Crippen molar-refractivity contribution >= 4 is 22.5 Å². The van der Waals surface area contributed by atoms with Crippen molar-refractivity contribution in [3.63, 3.8) is 0 Å². The molecule has 1 fully saturated rings. The number of hydrogen-bond donors (Lipinski definition) is 1. The van der Waals surface area contributed by atoms with E-state index in [4.69, 9.17) is 9.47 Å². The number of fused-ring (bicyclic) bond motifs is 1. The van der Waals surface area contributed by atoms with Gasteiger partial charge in [-0.25, -0.2) is 9.37 Å². The van der Waals surface area contributed by atoms with Gasteiger partial charge in [0.25, 0.3) is 5.56 Å². The number of rotatable bonds is 10. The minimum Gasteiger partial charge on any atom is -0.497 e. The number of piperazine rings is 1. The lowest BCUT2D eigenvalue weighted by atomic mass is 10.2. The Morgan fingerprint density at radius 2 is 1.78 bits per heavy atom. The van der Waals surface area contributed by atoms with Gasteiger partial charge in [0.2, 0.25) is 5.91 Å². The van der Waals surface area contributed by atoms with Crippen LogP contribution in [-0.4, -0.2) is 67.3 Å². The van der Waals surface area contributed by atoms with Crippen LogP contribution in [0.15, 0.2) is 71.5 Å². The van der Waals surface area contributed by atoms with Crippen molar-refractivity contribution in [1.82, 2.24) is 19.8 Å². The Morgan fingerprint density at radius 1 is 0.976 bits per heavy atom. The van der Waals surface area contributed by atoms with Crippen LogP contribution in [0, 0.1) is 5.82 Å². The molecule has 1 N–H and O–H groups in total. The van der Waals surface area contributed by atoms with Gasteiger partial charge in [0.05, 0.1) is 43.0 Å². The van der Waals surface area contributed by atoms with Crippen LogP contribution in [0.1, 0.15) is 18.7 Å². The maximum Gasteiger partial charge on any atom is 0.266 e. The molecule has 0 unspecified atom stereocenters. The zero-order valence-corrected chi connectivity index (χ0v) is 23.3. The summed E-state index contributed by atoms with van der Waals surface area (Å²) in [6, 6.07) is 18.9. The van der Waals surface area contributed by atoms with Crippen molar-refractivity contribution in [1.29, 1.82) is 0 Å². The number of nitrogens with one attached hydrogen (secondary N) is 1. The van der Waals surface area contributed by atoms with Crippen molar-refractivity contribution < 1.29 is 18.7 Å². The van der Waals surface area contributed by atoms with Crippen molar-refractivity contribution in [2.75, 3.05) is 51.8 Å². The predicted octanol–water partition coefficient (Wildman–Crippen LogP) is 3.76. The Kier molecular flexibility index (Phi) is 8.79. The molecule has 2 heterocycles. The van der Waals surface area contributed by atoms with Crippen molar-refractivity contribution in [3.8, 4) is 17.2 Å². The maximum atomic E-state index is 13.9. The molecular formula is C31H34FN5O4. The summed E-state index contributed by atoms with van der Waals surface area (Å²) < 4.78 is 26.2. The lowest BCUT2D eigenvalue weighted by Crippen LogP contribution is -2.46. The van der Waals surface area contributed by atoms with E-state index in [-0.39, 0.29) is 17.8 Å². The molecule has 1 amide bonds. The third-order valence-corrected chi connectivity index (χ3v) is 7.33. The molecule has 1 saturated heterocycles. The number of carbonyl (C=O) groups excluding carboxylic acids is 1. The summed E-state index contributed by atoms with van der Waals surface area (Å²) in [5, 5.41) is 3.07. The van der Waals surface area contributed by atoms with Gasteiger partial charge in [0, 0.05) is 38.7 Å². The first kappa shape index (κ1) is 28.1. The van der Waals surface area contributed by atoms with Crippen LogP contribution >= 0.6 is 0 Å². The predicted molar refractivity (Wildman–Crippen MR) is 157 cm³/mol. The minimum absolute atomic E-state index is 0.0518. The molecule has 5 rings (SSSR count). The summed E-state index contributed by atoms with van der Waals surface area (Å²) in [7, 11) is 3.23. The lowest BCUT2D eigenvalue weighted by molar-refractivity contribution is -0.121. The van der Waals surface area contributed by atoms with E-state index in [1.807, 2.05) is 18.2 Å². The Morgan fingerprint density at radius 3 is 2.56 bits per heavy atom. The Hall–Kier alpha value is -4.44. The lowest BCUT2D eigenvalue weighted by Gasteiger charge is -2.36. The van der Waals surface area contributed by atoms with E-state index in [2.05, 4.69) is 26.2 Å². The quantitative estimate of drug-likeness (QED) is 0.317. The first-order chi connectivity index (χ1) is 20.0. The molecule has 0 bridgehead atoms. The van der Waals surface area contributed by atoms with Gasteiger partial charge >= 0.3 is 0 Å². The average Bonchev–Trinajstić information content (AvgIpc) is 3.00. The van der Waals surface area contributed by atoms with Crippen LogP contribution in [0.3, 0.4) is 0 Å². The first-order valence-electron chi connectivity index (χ1n) is 13.7. The van der Waals surface area contributed by atoms with Gasteiger partial charge in [0.1, 0.15) is 23.1 Å². The molecule has 41 heavy (non-hydrogen) atoms. The van der Waals surface area contributed by atoms with E-state index in [1.54, 1.807) is 31.4 Å². The number of para-hydroxylation sites is 2.